The van der Waals surface area contributed by atoms with Crippen LogP contribution < -0.4 is 15.4 Å². The van der Waals surface area contributed by atoms with Crippen LogP contribution in [0.5, 0.6) is 11.6 Å². The van der Waals surface area contributed by atoms with E-state index >= 15 is 0 Å². The average molecular weight is 531 g/mol. The quantitative estimate of drug-likeness (QED) is 0.292. The molecule has 1 aliphatic carbocycles. The van der Waals surface area contributed by atoms with Crippen LogP contribution in [-0.2, 0) is 0 Å². The lowest BCUT2D eigenvalue weighted by Gasteiger charge is -2.30. The highest BCUT2D eigenvalue weighted by molar-refractivity contribution is 9.10. The van der Waals surface area contributed by atoms with E-state index in [2.05, 4.69) is 50.6 Å². The zero-order chi connectivity index (χ0) is 24.2. The number of hydrogen-bond acceptors (Lipinski definition) is 5. The zero-order valence-electron chi connectivity index (χ0n) is 19.5. The van der Waals surface area contributed by atoms with Crippen LogP contribution in [0.3, 0.4) is 0 Å². The summed E-state index contributed by atoms with van der Waals surface area (Å²) in [5.41, 5.74) is 2.66. The molecule has 0 aliphatic heterocycles. The Balaban J connectivity index is 1.18. The summed E-state index contributed by atoms with van der Waals surface area (Å²) < 4.78 is 6.85. The van der Waals surface area contributed by atoms with Gasteiger partial charge in [-0.05, 0) is 86.7 Å². The minimum Gasteiger partial charge on any atom is -0.438 e. The minimum atomic E-state index is -0.159. The second-order valence-corrected chi connectivity index (χ2v) is 9.84. The number of nitrogens with one attached hydrogen (secondary N) is 2. The van der Waals surface area contributed by atoms with E-state index < -0.39 is 0 Å². The number of benzene rings is 2. The van der Waals surface area contributed by atoms with Crippen molar-refractivity contribution in [2.75, 3.05) is 5.32 Å². The van der Waals surface area contributed by atoms with Crippen LogP contribution >= 0.6 is 15.9 Å². The summed E-state index contributed by atoms with van der Waals surface area (Å²) in [6.07, 6.45) is 5.37. The van der Waals surface area contributed by atoms with Gasteiger partial charge in [0.25, 0.3) is 5.91 Å². The van der Waals surface area contributed by atoms with Crippen molar-refractivity contribution >= 4 is 38.6 Å². The molecular weight excluding hydrogens is 504 g/mol. The Morgan fingerprint density at radius 2 is 1.71 bits per heavy atom. The van der Waals surface area contributed by atoms with E-state index in [9.17, 15) is 4.79 Å². The SMILES string of the molecule is Cc1cc(NC2CCC(NC(=O)c3cccnc3Oc3ccc(Br)cc3)CC2)nc2ccccc12. The third-order valence-corrected chi connectivity index (χ3v) is 6.91. The van der Waals surface area contributed by atoms with Gasteiger partial charge < -0.3 is 15.4 Å². The molecule has 1 aliphatic rings. The van der Waals surface area contributed by atoms with Crippen LogP contribution in [0.2, 0.25) is 0 Å². The van der Waals surface area contributed by atoms with Gasteiger partial charge in [0.1, 0.15) is 17.1 Å². The smallest absolute Gasteiger partial charge is 0.257 e. The van der Waals surface area contributed by atoms with Crippen LogP contribution in [0.15, 0.2) is 77.4 Å². The number of carbonyl (C=O) groups is 1. The highest BCUT2D eigenvalue weighted by Crippen LogP contribution is 2.27. The monoisotopic (exact) mass is 530 g/mol. The molecule has 1 saturated carbocycles. The van der Waals surface area contributed by atoms with Crippen LogP contribution in [0.1, 0.15) is 41.6 Å². The summed E-state index contributed by atoms with van der Waals surface area (Å²) in [5, 5.41) is 7.96. The predicted molar refractivity (Wildman–Crippen MR) is 142 cm³/mol. The highest BCUT2D eigenvalue weighted by atomic mass is 79.9. The fourth-order valence-corrected chi connectivity index (χ4v) is 4.80. The number of halogens is 1. The molecule has 5 rings (SSSR count). The largest absolute Gasteiger partial charge is 0.438 e. The summed E-state index contributed by atoms with van der Waals surface area (Å²) in [5.74, 6) is 1.69. The molecule has 6 nitrogen and oxygen atoms in total. The topological polar surface area (TPSA) is 76.1 Å². The molecule has 178 valence electrons. The van der Waals surface area contributed by atoms with E-state index in [-0.39, 0.29) is 11.9 Å². The number of para-hydroxylation sites is 1. The van der Waals surface area contributed by atoms with E-state index in [1.165, 1.54) is 10.9 Å². The molecule has 1 amide bonds. The number of fused-ring (bicyclic) bond motifs is 1. The first kappa shape index (κ1) is 23.3. The van der Waals surface area contributed by atoms with Crippen molar-refractivity contribution in [3.63, 3.8) is 0 Å². The fourth-order valence-electron chi connectivity index (χ4n) is 4.54. The van der Waals surface area contributed by atoms with Gasteiger partial charge in [-0.1, -0.05) is 34.1 Å². The molecule has 2 heterocycles. The van der Waals surface area contributed by atoms with E-state index in [1.54, 1.807) is 18.3 Å². The van der Waals surface area contributed by atoms with Crippen molar-refractivity contribution in [2.45, 2.75) is 44.7 Å². The van der Waals surface area contributed by atoms with E-state index in [4.69, 9.17) is 9.72 Å². The maximum atomic E-state index is 13.0. The Morgan fingerprint density at radius 3 is 2.51 bits per heavy atom. The molecule has 0 atom stereocenters. The third-order valence-electron chi connectivity index (χ3n) is 6.38. The van der Waals surface area contributed by atoms with Gasteiger partial charge >= 0.3 is 0 Å². The van der Waals surface area contributed by atoms with E-state index in [0.717, 1.165) is 41.5 Å². The van der Waals surface area contributed by atoms with Crippen LogP contribution in [0.25, 0.3) is 10.9 Å². The minimum absolute atomic E-state index is 0.118. The fraction of sp³-hybridized carbons (Fsp3) is 0.250. The number of carbonyl (C=O) groups excluding carboxylic acids is 1. The number of ether oxygens (including phenoxy) is 1. The van der Waals surface area contributed by atoms with Crippen molar-refractivity contribution in [2.24, 2.45) is 0 Å². The first-order valence-corrected chi connectivity index (χ1v) is 12.7. The Labute approximate surface area is 213 Å². The van der Waals surface area contributed by atoms with Crippen LogP contribution in [0.4, 0.5) is 5.82 Å². The van der Waals surface area contributed by atoms with Gasteiger partial charge in [0, 0.05) is 28.1 Å². The molecule has 0 bridgehead atoms. The number of amides is 1. The molecule has 0 saturated heterocycles. The molecule has 1 fully saturated rings. The first-order valence-electron chi connectivity index (χ1n) is 11.9. The zero-order valence-corrected chi connectivity index (χ0v) is 21.1. The lowest BCUT2D eigenvalue weighted by atomic mass is 9.91. The molecule has 2 aromatic heterocycles. The second kappa shape index (κ2) is 10.4. The van der Waals surface area contributed by atoms with Crippen LogP contribution in [-0.4, -0.2) is 28.0 Å². The summed E-state index contributed by atoms with van der Waals surface area (Å²) in [6, 6.07) is 21.7. The standard InChI is InChI=1S/C28H27BrN4O2/c1-18-17-26(33-25-7-3-2-5-23(18)25)31-20-10-12-21(13-11-20)32-27(34)24-6-4-16-30-28(24)35-22-14-8-19(29)9-15-22/h2-9,14-17,20-21H,10-13H2,1H3,(H,31,33)(H,32,34). The lowest BCUT2D eigenvalue weighted by Crippen LogP contribution is -2.40. The number of anilines is 1. The molecule has 4 aromatic rings. The molecule has 2 N–H and O–H groups in total. The molecule has 2 aromatic carbocycles. The summed E-state index contributed by atoms with van der Waals surface area (Å²) >= 11 is 3.42. The number of pyridine rings is 2. The molecule has 0 unspecified atom stereocenters. The predicted octanol–water partition coefficient (Wildman–Crippen LogP) is 6.65. The van der Waals surface area contributed by atoms with Gasteiger partial charge in [0.05, 0.1) is 5.52 Å². The number of nitrogens with zero attached hydrogens (tertiary/aromatic N) is 2. The van der Waals surface area contributed by atoms with Crippen molar-refractivity contribution in [3.05, 3.63) is 88.5 Å². The number of aryl methyl sites for hydroxylation is 1. The van der Waals surface area contributed by atoms with Crippen molar-refractivity contribution < 1.29 is 9.53 Å². The summed E-state index contributed by atoms with van der Waals surface area (Å²) in [4.78, 5) is 22.1. The number of hydrogen-bond donors (Lipinski definition) is 2. The normalized spacial score (nSPS) is 17.7. The number of aromatic nitrogens is 2. The van der Waals surface area contributed by atoms with Crippen molar-refractivity contribution in [3.8, 4) is 11.6 Å². The highest BCUT2D eigenvalue weighted by Gasteiger charge is 2.24. The van der Waals surface area contributed by atoms with Gasteiger partial charge in [-0.25, -0.2) is 9.97 Å². The van der Waals surface area contributed by atoms with Crippen molar-refractivity contribution in [1.82, 2.24) is 15.3 Å². The lowest BCUT2D eigenvalue weighted by molar-refractivity contribution is 0.0923. The van der Waals surface area contributed by atoms with Crippen molar-refractivity contribution in [1.29, 1.82) is 0 Å². The second-order valence-electron chi connectivity index (χ2n) is 8.92. The molecular formula is C28H27BrN4O2. The van der Waals surface area contributed by atoms with Gasteiger partial charge in [-0.15, -0.1) is 0 Å². The van der Waals surface area contributed by atoms with Crippen LogP contribution in [0, 0.1) is 6.92 Å². The Hall–Kier alpha value is -3.45. The molecule has 0 radical (unpaired) electrons. The Kier molecular flexibility index (Phi) is 6.95. The third kappa shape index (κ3) is 5.62. The molecule has 35 heavy (non-hydrogen) atoms. The Bertz CT molecular complexity index is 1330. The van der Waals surface area contributed by atoms with E-state index in [0.29, 0.717) is 23.2 Å². The van der Waals surface area contributed by atoms with E-state index in [1.807, 2.05) is 42.5 Å². The van der Waals surface area contributed by atoms with Gasteiger partial charge in [0.2, 0.25) is 5.88 Å². The first-order chi connectivity index (χ1) is 17.0. The van der Waals surface area contributed by atoms with Gasteiger partial charge in [0.15, 0.2) is 0 Å². The maximum absolute atomic E-state index is 13.0. The Morgan fingerprint density at radius 1 is 0.971 bits per heavy atom. The summed E-state index contributed by atoms with van der Waals surface area (Å²) in [6.45, 7) is 2.12. The van der Waals surface area contributed by atoms with Gasteiger partial charge in [-0.3, -0.25) is 4.79 Å². The van der Waals surface area contributed by atoms with Gasteiger partial charge in [-0.2, -0.15) is 0 Å². The maximum Gasteiger partial charge on any atom is 0.257 e. The number of rotatable bonds is 6. The molecule has 0 spiro atoms. The average Bonchev–Trinajstić information content (AvgIpc) is 2.87. The molecule has 7 heteroatoms. The summed E-state index contributed by atoms with van der Waals surface area (Å²) in [7, 11) is 0.